The summed E-state index contributed by atoms with van der Waals surface area (Å²) in [4.78, 5) is 0. The van der Waals surface area contributed by atoms with Gasteiger partial charge in [0.05, 0.1) is 23.3 Å². The van der Waals surface area contributed by atoms with E-state index in [4.69, 9.17) is 30.4 Å². The van der Waals surface area contributed by atoms with Gasteiger partial charge in [0, 0.05) is 0 Å². The summed E-state index contributed by atoms with van der Waals surface area (Å²) in [7, 11) is 0.530. The second-order valence-electron chi connectivity index (χ2n) is 6.53. The minimum Gasteiger partial charge on any atom is -0.491 e. The van der Waals surface area contributed by atoms with Crippen molar-refractivity contribution in [2.45, 2.75) is 45.1 Å². The van der Waals surface area contributed by atoms with Gasteiger partial charge in [-0.1, -0.05) is 11.6 Å². The average Bonchev–Trinajstić information content (AvgIpc) is 2.64. The van der Waals surface area contributed by atoms with Gasteiger partial charge < -0.3 is 18.8 Å². The molecule has 2 rings (SSSR count). The van der Waals surface area contributed by atoms with Crippen LogP contribution in [0.5, 0.6) is 11.5 Å². The fraction of sp³-hybridized carbons (Fsp3) is 0.600. The van der Waals surface area contributed by atoms with Gasteiger partial charge in [-0.25, -0.2) is 0 Å². The molecule has 1 aliphatic rings. The number of hydrogen-bond acceptors (Lipinski definition) is 4. The number of halogens is 4. The highest BCUT2D eigenvalue weighted by Crippen LogP contribution is 2.39. The van der Waals surface area contributed by atoms with Crippen molar-refractivity contribution in [3.8, 4) is 11.5 Å². The van der Waals surface area contributed by atoms with E-state index in [1.165, 1.54) is 19.2 Å². The Morgan fingerprint density at radius 2 is 1.67 bits per heavy atom. The zero-order chi connectivity index (χ0) is 18.3. The molecule has 9 heteroatoms. The van der Waals surface area contributed by atoms with Crippen LogP contribution in [-0.4, -0.2) is 38.2 Å². The summed E-state index contributed by atoms with van der Waals surface area (Å²) in [5, 5.41) is 0.113. The molecule has 24 heavy (non-hydrogen) atoms. The third-order valence-corrected chi connectivity index (χ3v) is 4.43. The normalized spacial score (nSPS) is 19.5. The van der Waals surface area contributed by atoms with Crippen LogP contribution in [0.4, 0.5) is 13.2 Å². The Bertz CT molecular complexity index is 603. The summed E-state index contributed by atoms with van der Waals surface area (Å²) >= 11 is 6.11. The molecule has 0 aliphatic carbocycles. The van der Waals surface area contributed by atoms with Crippen LogP contribution < -0.4 is 14.9 Å². The molecule has 1 aromatic carbocycles. The van der Waals surface area contributed by atoms with Crippen LogP contribution in [0.2, 0.25) is 5.02 Å². The van der Waals surface area contributed by atoms with Crippen LogP contribution >= 0.6 is 11.6 Å². The molecule has 4 nitrogen and oxygen atoms in total. The van der Waals surface area contributed by atoms with E-state index in [0.29, 0.717) is 5.46 Å². The first kappa shape index (κ1) is 19.2. The van der Waals surface area contributed by atoms with Crippen molar-refractivity contribution >= 4 is 24.2 Å². The molecule has 0 saturated carbocycles. The van der Waals surface area contributed by atoms with E-state index in [1.54, 1.807) is 0 Å². The van der Waals surface area contributed by atoms with E-state index in [1.807, 2.05) is 27.7 Å². The van der Waals surface area contributed by atoms with Crippen molar-refractivity contribution in [2.24, 2.45) is 0 Å². The van der Waals surface area contributed by atoms with Crippen LogP contribution in [0.25, 0.3) is 0 Å². The molecule has 1 fully saturated rings. The Morgan fingerprint density at radius 3 is 2.12 bits per heavy atom. The minimum absolute atomic E-state index is 0.0289. The monoisotopic (exact) mass is 366 g/mol. The van der Waals surface area contributed by atoms with Crippen LogP contribution in [0.3, 0.4) is 0 Å². The van der Waals surface area contributed by atoms with Gasteiger partial charge in [-0.15, -0.1) is 0 Å². The molecule has 1 saturated heterocycles. The van der Waals surface area contributed by atoms with Crippen molar-refractivity contribution in [3.63, 3.8) is 0 Å². The quantitative estimate of drug-likeness (QED) is 0.763. The SMILES string of the molecule is COc1c(Cl)cc(B2OC(C)(C)C(C)(C)O2)cc1OCC(F)(F)F. The lowest BCUT2D eigenvalue weighted by Gasteiger charge is -2.32. The van der Waals surface area contributed by atoms with Crippen molar-refractivity contribution in [1.29, 1.82) is 0 Å². The number of methoxy groups -OCH3 is 1. The predicted molar refractivity (Wildman–Crippen MR) is 85.3 cm³/mol. The highest BCUT2D eigenvalue weighted by atomic mass is 35.5. The van der Waals surface area contributed by atoms with E-state index in [2.05, 4.69) is 0 Å². The molecule has 0 amide bonds. The number of rotatable bonds is 4. The lowest BCUT2D eigenvalue weighted by Crippen LogP contribution is -2.41. The second-order valence-corrected chi connectivity index (χ2v) is 6.93. The van der Waals surface area contributed by atoms with Crippen molar-refractivity contribution in [2.75, 3.05) is 13.7 Å². The maximum atomic E-state index is 12.4. The summed E-state index contributed by atoms with van der Waals surface area (Å²) in [6.45, 7) is 6.04. The topological polar surface area (TPSA) is 36.9 Å². The van der Waals surface area contributed by atoms with Gasteiger partial charge in [0.1, 0.15) is 0 Å². The number of hydrogen-bond donors (Lipinski definition) is 0. The lowest BCUT2D eigenvalue weighted by molar-refractivity contribution is -0.153. The van der Waals surface area contributed by atoms with E-state index in [0.717, 1.165) is 0 Å². The zero-order valence-electron chi connectivity index (χ0n) is 14.1. The average molecular weight is 367 g/mol. The molecule has 0 aromatic heterocycles. The third kappa shape index (κ3) is 3.92. The smallest absolute Gasteiger partial charge is 0.491 e. The fourth-order valence-electron chi connectivity index (χ4n) is 2.17. The Labute approximate surface area is 144 Å². The van der Waals surface area contributed by atoms with Gasteiger partial charge >= 0.3 is 13.3 Å². The molecule has 0 radical (unpaired) electrons. The van der Waals surface area contributed by atoms with Gasteiger partial charge in [-0.05, 0) is 45.3 Å². The lowest BCUT2D eigenvalue weighted by atomic mass is 9.79. The molecule has 0 atom stereocenters. The van der Waals surface area contributed by atoms with Crippen LogP contribution in [0.15, 0.2) is 12.1 Å². The summed E-state index contributed by atoms with van der Waals surface area (Å²) in [5.74, 6) is -0.0896. The number of benzene rings is 1. The number of ether oxygens (including phenoxy) is 2. The van der Waals surface area contributed by atoms with Crippen molar-refractivity contribution in [3.05, 3.63) is 17.2 Å². The summed E-state index contributed by atoms with van der Waals surface area (Å²) < 4.78 is 58.9. The highest BCUT2D eigenvalue weighted by molar-refractivity contribution is 6.62. The highest BCUT2D eigenvalue weighted by Gasteiger charge is 2.52. The molecule has 0 spiro atoms. The largest absolute Gasteiger partial charge is 0.495 e. The first-order valence-electron chi connectivity index (χ1n) is 7.29. The van der Waals surface area contributed by atoms with Crippen molar-refractivity contribution in [1.82, 2.24) is 0 Å². The molecular formula is C15H19BClF3O4. The van der Waals surface area contributed by atoms with E-state index >= 15 is 0 Å². The molecule has 1 aliphatic heterocycles. The van der Waals surface area contributed by atoms with E-state index in [-0.39, 0.29) is 16.5 Å². The second kappa shape index (κ2) is 6.31. The zero-order valence-corrected chi connectivity index (χ0v) is 14.8. The maximum Gasteiger partial charge on any atom is 0.495 e. The van der Waals surface area contributed by atoms with Gasteiger partial charge in [-0.3, -0.25) is 0 Å². The Kier molecular flexibility index (Phi) is 5.05. The Hall–Kier alpha value is -1.12. The van der Waals surface area contributed by atoms with Crippen LogP contribution in [0.1, 0.15) is 27.7 Å². The predicted octanol–water partition coefficient (Wildman–Crippen LogP) is 3.59. The molecule has 0 bridgehead atoms. The molecule has 134 valence electrons. The molecular weight excluding hydrogens is 347 g/mol. The molecule has 0 unspecified atom stereocenters. The summed E-state index contributed by atoms with van der Waals surface area (Å²) in [6.07, 6.45) is -4.47. The first-order valence-corrected chi connectivity index (χ1v) is 7.67. The van der Waals surface area contributed by atoms with E-state index < -0.39 is 31.1 Å². The summed E-state index contributed by atoms with van der Waals surface area (Å²) in [6, 6.07) is 2.92. The van der Waals surface area contributed by atoms with Crippen molar-refractivity contribution < 1.29 is 32.0 Å². The minimum atomic E-state index is -4.47. The van der Waals surface area contributed by atoms with Crippen LogP contribution in [0, 0.1) is 0 Å². The van der Waals surface area contributed by atoms with Gasteiger partial charge in [0.15, 0.2) is 18.1 Å². The van der Waals surface area contributed by atoms with Gasteiger partial charge in [0.25, 0.3) is 0 Å². The summed E-state index contributed by atoms with van der Waals surface area (Å²) in [5.41, 5.74) is -0.717. The standard InChI is InChI=1S/C15H19BClF3O4/c1-13(2)14(3,4)24-16(23-13)9-6-10(17)12(21-5)11(7-9)22-8-15(18,19)20/h6-7H,8H2,1-5H3. The third-order valence-electron chi connectivity index (χ3n) is 4.15. The molecule has 1 aromatic rings. The van der Waals surface area contributed by atoms with Gasteiger partial charge in [-0.2, -0.15) is 13.2 Å². The Balaban J connectivity index is 2.34. The molecule has 1 heterocycles. The maximum absolute atomic E-state index is 12.4. The van der Waals surface area contributed by atoms with Gasteiger partial charge in [0.2, 0.25) is 0 Å². The van der Waals surface area contributed by atoms with Crippen LogP contribution in [-0.2, 0) is 9.31 Å². The fourth-order valence-corrected chi connectivity index (χ4v) is 2.46. The first-order chi connectivity index (χ1) is 10.9. The Morgan fingerprint density at radius 1 is 1.12 bits per heavy atom. The molecule has 0 N–H and O–H groups in total. The van der Waals surface area contributed by atoms with E-state index in [9.17, 15) is 13.2 Å². The number of alkyl halides is 3.